The van der Waals surface area contributed by atoms with Crippen LogP contribution in [0.2, 0.25) is 0 Å². The molecule has 3 aromatic rings. The highest BCUT2D eigenvalue weighted by molar-refractivity contribution is 5.95. The number of aromatic nitrogens is 1. The van der Waals surface area contributed by atoms with Gasteiger partial charge in [0.15, 0.2) is 0 Å². The van der Waals surface area contributed by atoms with Crippen LogP contribution in [0.4, 0.5) is 5.69 Å². The minimum Gasteiger partial charge on any atom is -0.491 e. The molecule has 1 heterocycles. The van der Waals surface area contributed by atoms with Crippen LogP contribution in [0.5, 0.6) is 5.75 Å². The first-order chi connectivity index (χ1) is 12.7. The summed E-state index contributed by atoms with van der Waals surface area (Å²) in [6.45, 7) is 0.230. The number of fused-ring (bicyclic) bond motifs is 1. The summed E-state index contributed by atoms with van der Waals surface area (Å²) in [5, 5.41) is 19.8. The average molecular weight is 347 g/mol. The molecule has 0 saturated heterocycles. The van der Waals surface area contributed by atoms with Crippen molar-refractivity contribution < 1.29 is 9.84 Å². The Bertz CT molecular complexity index is 979. The second-order valence-electron chi connectivity index (χ2n) is 6.66. The quantitative estimate of drug-likeness (QED) is 0.687. The third kappa shape index (κ3) is 2.69. The van der Waals surface area contributed by atoms with Gasteiger partial charge in [0.1, 0.15) is 18.4 Å². The first-order valence-electron chi connectivity index (χ1n) is 8.90. The second-order valence-corrected chi connectivity index (χ2v) is 6.66. The highest BCUT2D eigenvalue weighted by Gasteiger charge is 2.27. The van der Waals surface area contributed by atoms with Gasteiger partial charge in [-0.1, -0.05) is 12.1 Å². The van der Waals surface area contributed by atoms with E-state index in [2.05, 4.69) is 10.6 Å². The van der Waals surface area contributed by atoms with Crippen LogP contribution in [0.1, 0.15) is 30.9 Å². The van der Waals surface area contributed by atoms with Crippen LogP contribution in [0, 0.1) is 11.3 Å². The number of nitrogens with zero attached hydrogens (tertiary/aromatic N) is 2. The Morgan fingerprint density at radius 3 is 2.58 bits per heavy atom. The summed E-state index contributed by atoms with van der Waals surface area (Å²) in [7, 11) is 0. The molecule has 132 valence electrons. The molecule has 5 heteroatoms. The number of nitriles is 1. The molecule has 1 fully saturated rings. The highest BCUT2D eigenvalue weighted by atomic mass is 16.5. The number of ether oxygens (including phenoxy) is 1. The van der Waals surface area contributed by atoms with Gasteiger partial charge in [-0.15, -0.1) is 0 Å². The van der Waals surface area contributed by atoms with Gasteiger partial charge in [-0.3, -0.25) is 0 Å². The molecule has 0 unspecified atom stereocenters. The number of hydrogen-bond acceptors (Lipinski definition) is 4. The van der Waals surface area contributed by atoms with E-state index in [1.165, 1.54) is 6.42 Å². The summed E-state index contributed by atoms with van der Waals surface area (Å²) in [4.78, 5) is 0. The molecule has 3 N–H and O–H groups in total. The molecule has 0 aliphatic heterocycles. The lowest BCUT2D eigenvalue weighted by Crippen LogP contribution is -2.17. The van der Waals surface area contributed by atoms with Crippen LogP contribution >= 0.6 is 0 Å². The van der Waals surface area contributed by atoms with Crippen LogP contribution in [0.15, 0.2) is 42.5 Å². The monoisotopic (exact) mass is 347 g/mol. The van der Waals surface area contributed by atoms with E-state index in [-0.39, 0.29) is 13.2 Å². The fraction of sp³-hybridized carbons (Fsp3) is 0.286. The van der Waals surface area contributed by atoms with Gasteiger partial charge in [-0.2, -0.15) is 5.26 Å². The fourth-order valence-corrected chi connectivity index (χ4v) is 3.61. The Hall–Kier alpha value is -2.97. The SMILES string of the molecule is N#Cc1c(-c2ccc(N)cc2)n(C2CCC2)c2cc(OCCO)ccc12. The smallest absolute Gasteiger partial charge is 0.121 e. The van der Waals surface area contributed by atoms with Gasteiger partial charge in [0.25, 0.3) is 0 Å². The van der Waals surface area contributed by atoms with Gasteiger partial charge < -0.3 is 20.1 Å². The van der Waals surface area contributed by atoms with Crippen LogP contribution in [0.25, 0.3) is 22.2 Å². The molecule has 26 heavy (non-hydrogen) atoms. The number of nitrogens with two attached hydrogens (primary N) is 1. The van der Waals surface area contributed by atoms with Crippen LogP contribution < -0.4 is 10.5 Å². The normalized spacial score (nSPS) is 14.2. The summed E-state index contributed by atoms with van der Waals surface area (Å²) in [6.07, 6.45) is 3.42. The lowest BCUT2D eigenvalue weighted by atomic mass is 9.92. The molecule has 5 nitrogen and oxygen atoms in total. The molecular weight excluding hydrogens is 326 g/mol. The molecule has 1 aliphatic rings. The zero-order chi connectivity index (χ0) is 18.1. The maximum atomic E-state index is 9.88. The van der Waals surface area contributed by atoms with Crippen molar-refractivity contribution in [2.24, 2.45) is 0 Å². The number of aliphatic hydroxyl groups is 1. The molecule has 1 aliphatic carbocycles. The summed E-state index contributed by atoms with van der Waals surface area (Å²) >= 11 is 0. The third-order valence-corrected chi connectivity index (χ3v) is 5.07. The van der Waals surface area contributed by atoms with Gasteiger partial charge in [-0.05, 0) is 49.1 Å². The number of rotatable bonds is 5. The molecule has 1 saturated carbocycles. The minimum atomic E-state index is -0.0260. The van der Waals surface area contributed by atoms with E-state index < -0.39 is 0 Å². The lowest BCUT2D eigenvalue weighted by molar-refractivity contribution is 0.201. The minimum absolute atomic E-state index is 0.0260. The van der Waals surface area contributed by atoms with Crippen LogP contribution in [0.3, 0.4) is 0 Å². The van der Waals surface area contributed by atoms with Crippen molar-refractivity contribution in [3.8, 4) is 23.1 Å². The van der Waals surface area contributed by atoms with Crippen LogP contribution in [-0.4, -0.2) is 22.9 Å². The predicted molar refractivity (Wildman–Crippen MR) is 102 cm³/mol. The number of anilines is 1. The average Bonchev–Trinajstić information content (AvgIpc) is 2.93. The summed E-state index contributed by atoms with van der Waals surface area (Å²) in [5.74, 6) is 0.706. The summed E-state index contributed by atoms with van der Waals surface area (Å²) in [5.41, 5.74) is 10.2. The number of hydrogen-bond donors (Lipinski definition) is 2. The molecule has 0 amide bonds. The predicted octanol–water partition coefficient (Wildman–Crippen LogP) is 3.86. The van der Waals surface area contributed by atoms with Crippen molar-refractivity contribution in [1.82, 2.24) is 4.57 Å². The van der Waals surface area contributed by atoms with Crippen LogP contribution in [-0.2, 0) is 0 Å². The standard InChI is InChI=1S/C21H21N3O2/c22-13-19-18-9-8-17(26-11-10-25)12-20(18)24(16-2-1-3-16)21(19)14-4-6-15(23)7-5-14/h4-9,12,16,25H,1-3,10-11,23H2. The molecule has 0 bridgehead atoms. The first-order valence-corrected chi connectivity index (χ1v) is 8.90. The second kappa shape index (κ2) is 6.74. The van der Waals surface area contributed by atoms with Crippen molar-refractivity contribution in [3.05, 3.63) is 48.0 Å². The molecule has 0 spiro atoms. The largest absolute Gasteiger partial charge is 0.491 e. The van der Waals surface area contributed by atoms with Crippen molar-refractivity contribution in [2.75, 3.05) is 18.9 Å². The van der Waals surface area contributed by atoms with Gasteiger partial charge in [0.05, 0.1) is 23.4 Å². The van der Waals surface area contributed by atoms with E-state index in [0.717, 1.165) is 35.0 Å². The first kappa shape index (κ1) is 16.5. The van der Waals surface area contributed by atoms with E-state index in [9.17, 15) is 5.26 Å². The molecule has 1 aromatic heterocycles. The van der Waals surface area contributed by atoms with Gasteiger partial charge >= 0.3 is 0 Å². The van der Waals surface area contributed by atoms with Crippen molar-refractivity contribution in [2.45, 2.75) is 25.3 Å². The highest BCUT2D eigenvalue weighted by Crippen LogP contribution is 2.43. The number of nitrogen functional groups attached to an aromatic ring is 1. The Labute approximate surface area is 152 Å². The molecule has 0 atom stereocenters. The maximum absolute atomic E-state index is 9.88. The molecule has 0 radical (unpaired) electrons. The van der Waals surface area contributed by atoms with E-state index >= 15 is 0 Å². The van der Waals surface area contributed by atoms with E-state index in [0.29, 0.717) is 23.0 Å². The Morgan fingerprint density at radius 2 is 1.96 bits per heavy atom. The van der Waals surface area contributed by atoms with Gasteiger partial charge in [-0.25, -0.2) is 0 Å². The topological polar surface area (TPSA) is 84.2 Å². The van der Waals surface area contributed by atoms with E-state index in [1.807, 2.05) is 42.5 Å². The van der Waals surface area contributed by atoms with E-state index in [1.54, 1.807) is 0 Å². The van der Waals surface area contributed by atoms with Crippen molar-refractivity contribution in [3.63, 3.8) is 0 Å². The van der Waals surface area contributed by atoms with Crippen molar-refractivity contribution >= 4 is 16.6 Å². The molecule has 4 rings (SSSR count). The number of aliphatic hydroxyl groups excluding tert-OH is 1. The van der Waals surface area contributed by atoms with Crippen molar-refractivity contribution in [1.29, 1.82) is 5.26 Å². The summed E-state index contributed by atoms with van der Waals surface area (Å²) in [6, 6.07) is 16.3. The maximum Gasteiger partial charge on any atom is 0.121 e. The molecule has 2 aromatic carbocycles. The third-order valence-electron chi connectivity index (χ3n) is 5.07. The van der Waals surface area contributed by atoms with Gasteiger partial charge in [0.2, 0.25) is 0 Å². The molecular formula is C21H21N3O2. The Kier molecular flexibility index (Phi) is 4.27. The van der Waals surface area contributed by atoms with Gasteiger partial charge in [0, 0.05) is 23.2 Å². The zero-order valence-corrected chi connectivity index (χ0v) is 14.5. The summed E-state index contributed by atoms with van der Waals surface area (Å²) < 4.78 is 7.88. The Balaban J connectivity index is 1.96. The zero-order valence-electron chi connectivity index (χ0n) is 14.5. The van der Waals surface area contributed by atoms with E-state index in [4.69, 9.17) is 15.6 Å². The number of benzene rings is 2. The Morgan fingerprint density at radius 1 is 1.19 bits per heavy atom. The lowest BCUT2D eigenvalue weighted by Gasteiger charge is -2.30. The fourth-order valence-electron chi connectivity index (χ4n) is 3.61.